The molecule has 4 nitrogen and oxygen atoms in total. The van der Waals surface area contributed by atoms with Crippen LogP contribution < -0.4 is 0 Å². The highest BCUT2D eigenvalue weighted by Crippen LogP contribution is 2.32. The molecule has 3 rings (SSSR count). The van der Waals surface area contributed by atoms with Crippen LogP contribution in [-0.4, -0.2) is 34.0 Å². The van der Waals surface area contributed by atoms with Crippen molar-refractivity contribution in [3.8, 4) is 0 Å². The summed E-state index contributed by atoms with van der Waals surface area (Å²) in [6.45, 7) is 3.66. The van der Waals surface area contributed by atoms with Crippen molar-refractivity contribution >= 4 is 21.9 Å². The van der Waals surface area contributed by atoms with E-state index in [1.54, 1.807) is 0 Å². The standard InChI is InChI=1S/C20H23BrN2O2/c1-2-14-6-7-18(22-13-14)19(16-4-3-5-17(21)12-16)23-10-8-15(9-11-23)20(24)25/h3-7,12-13,15,19H,2,8-11H2,1H3,(H,24,25). The van der Waals surface area contributed by atoms with Crippen LogP contribution in [-0.2, 0) is 11.2 Å². The number of aryl methyl sites for hydroxylation is 1. The normalized spacial score (nSPS) is 17.4. The van der Waals surface area contributed by atoms with Crippen LogP contribution in [0.15, 0.2) is 47.1 Å². The summed E-state index contributed by atoms with van der Waals surface area (Å²) in [6, 6.07) is 12.6. The molecule has 1 N–H and O–H groups in total. The van der Waals surface area contributed by atoms with Crippen molar-refractivity contribution in [2.75, 3.05) is 13.1 Å². The Labute approximate surface area is 157 Å². The van der Waals surface area contributed by atoms with Gasteiger partial charge in [0.25, 0.3) is 0 Å². The number of likely N-dealkylation sites (tertiary alicyclic amines) is 1. The molecule has 1 unspecified atom stereocenters. The molecule has 0 saturated carbocycles. The Morgan fingerprint density at radius 2 is 2.08 bits per heavy atom. The van der Waals surface area contributed by atoms with Gasteiger partial charge in [0.15, 0.2) is 0 Å². The van der Waals surface area contributed by atoms with Gasteiger partial charge in [-0.2, -0.15) is 0 Å². The van der Waals surface area contributed by atoms with Crippen LogP contribution in [0, 0.1) is 5.92 Å². The molecule has 0 bridgehead atoms. The first kappa shape index (κ1) is 18.1. The largest absolute Gasteiger partial charge is 0.481 e. The number of aliphatic carboxylic acids is 1. The van der Waals surface area contributed by atoms with Crippen LogP contribution in [0.5, 0.6) is 0 Å². The van der Waals surface area contributed by atoms with Gasteiger partial charge < -0.3 is 5.11 Å². The number of carboxylic acid groups (broad SMARTS) is 1. The van der Waals surface area contributed by atoms with Crippen molar-refractivity contribution < 1.29 is 9.90 Å². The number of hydrogen-bond donors (Lipinski definition) is 1. The monoisotopic (exact) mass is 402 g/mol. The number of halogens is 1. The zero-order valence-corrected chi connectivity index (χ0v) is 15.9. The van der Waals surface area contributed by atoms with Crippen molar-refractivity contribution in [3.05, 3.63) is 63.9 Å². The summed E-state index contributed by atoms with van der Waals surface area (Å²) >= 11 is 3.56. The average molecular weight is 403 g/mol. The van der Waals surface area contributed by atoms with Gasteiger partial charge in [-0.25, -0.2) is 0 Å². The second-order valence-electron chi connectivity index (χ2n) is 6.55. The lowest BCUT2D eigenvalue weighted by Crippen LogP contribution is -2.39. The number of aromatic nitrogens is 1. The van der Waals surface area contributed by atoms with Gasteiger partial charge in [-0.1, -0.05) is 41.1 Å². The van der Waals surface area contributed by atoms with E-state index >= 15 is 0 Å². The third-order valence-electron chi connectivity index (χ3n) is 4.94. The number of hydrogen-bond acceptors (Lipinski definition) is 3. The lowest BCUT2D eigenvalue weighted by atomic mass is 9.93. The number of piperidine rings is 1. The maximum Gasteiger partial charge on any atom is 0.306 e. The molecule has 0 aliphatic carbocycles. The molecule has 1 atom stereocenters. The zero-order chi connectivity index (χ0) is 17.8. The summed E-state index contributed by atoms with van der Waals surface area (Å²) < 4.78 is 1.04. The fourth-order valence-corrected chi connectivity index (χ4v) is 3.87. The van der Waals surface area contributed by atoms with Crippen molar-refractivity contribution in [2.45, 2.75) is 32.2 Å². The molecule has 0 spiro atoms. The third-order valence-corrected chi connectivity index (χ3v) is 5.44. The van der Waals surface area contributed by atoms with E-state index in [2.05, 4.69) is 52.0 Å². The van der Waals surface area contributed by atoms with E-state index in [0.29, 0.717) is 12.8 Å². The highest BCUT2D eigenvalue weighted by molar-refractivity contribution is 9.10. The number of carboxylic acids is 1. The number of carbonyl (C=O) groups is 1. The van der Waals surface area contributed by atoms with Crippen molar-refractivity contribution in [2.24, 2.45) is 5.92 Å². The van der Waals surface area contributed by atoms with E-state index in [1.807, 2.05) is 18.3 Å². The van der Waals surface area contributed by atoms with Gasteiger partial charge in [0.1, 0.15) is 0 Å². The molecule has 5 heteroatoms. The van der Waals surface area contributed by atoms with E-state index in [0.717, 1.165) is 29.7 Å². The van der Waals surface area contributed by atoms with Gasteiger partial charge in [0, 0.05) is 10.7 Å². The first-order valence-electron chi connectivity index (χ1n) is 8.75. The van der Waals surface area contributed by atoms with Gasteiger partial charge in [0.05, 0.1) is 17.7 Å². The fourth-order valence-electron chi connectivity index (χ4n) is 3.46. The second kappa shape index (κ2) is 8.11. The molecule has 1 saturated heterocycles. The van der Waals surface area contributed by atoms with Gasteiger partial charge in [-0.15, -0.1) is 0 Å². The molecule has 0 amide bonds. The van der Waals surface area contributed by atoms with Crippen molar-refractivity contribution in [1.29, 1.82) is 0 Å². The second-order valence-corrected chi connectivity index (χ2v) is 7.47. The number of rotatable bonds is 5. The summed E-state index contributed by atoms with van der Waals surface area (Å²) in [5, 5.41) is 9.25. The topological polar surface area (TPSA) is 53.4 Å². The number of pyridine rings is 1. The van der Waals surface area contributed by atoms with E-state index < -0.39 is 5.97 Å². The Balaban J connectivity index is 1.90. The van der Waals surface area contributed by atoms with Crippen molar-refractivity contribution in [3.63, 3.8) is 0 Å². The number of benzene rings is 1. The van der Waals surface area contributed by atoms with Crippen LogP contribution in [0.2, 0.25) is 0 Å². The van der Waals surface area contributed by atoms with Crippen molar-refractivity contribution in [1.82, 2.24) is 9.88 Å². The molecule has 2 aromatic rings. The SMILES string of the molecule is CCc1ccc(C(c2cccc(Br)c2)N2CCC(C(=O)O)CC2)nc1. The molecular weight excluding hydrogens is 380 g/mol. The molecule has 1 aliphatic rings. The van der Waals surface area contributed by atoms with E-state index in [9.17, 15) is 9.90 Å². The van der Waals surface area contributed by atoms with E-state index in [1.165, 1.54) is 11.1 Å². The lowest BCUT2D eigenvalue weighted by molar-refractivity contribution is -0.143. The predicted molar refractivity (Wildman–Crippen MR) is 102 cm³/mol. The van der Waals surface area contributed by atoms with Crippen LogP contribution in [0.25, 0.3) is 0 Å². The van der Waals surface area contributed by atoms with Gasteiger partial charge in [-0.05, 0) is 61.7 Å². The highest BCUT2D eigenvalue weighted by Gasteiger charge is 2.30. The summed E-state index contributed by atoms with van der Waals surface area (Å²) in [5.74, 6) is -0.904. The number of nitrogens with zero attached hydrogens (tertiary/aromatic N) is 2. The van der Waals surface area contributed by atoms with E-state index in [-0.39, 0.29) is 12.0 Å². The molecule has 1 aliphatic heterocycles. The Morgan fingerprint density at radius 1 is 1.32 bits per heavy atom. The molecule has 132 valence electrons. The molecule has 1 aromatic heterocycles. The Hall–Kier alpha value is -1.72. The third kappa shape index (κ3) is 4.28. The molecule has 0 radical (unpaired) electrons. The van der Waals surface area contributed by atoms with Gasteiger partial charge >= 0.3 is 5.97 Å². The van der Waals surface area contributed by atoms with Gasteiger partial charge in [0.2, 0.25) is 0 Å². The minimum Gasteiger partial charge on any atom is -0.481 e. The first-order chi connectivity index (χ1) is 12.1. The summed E-state index contributed by atoms with van der Waals surface area (Å²) in [7, 11) is 0. The lowest BCUT2D eigenvalue weighted by Gasteiger charge is -2.36. The van der Waals surface area contributed by atoms with Crippen LogP contribution >= 0.6 is 15.9 Å². The smallest absolute Gasteiger partial charge is 0.306 e. The molecule has 2 heterocycles. The van der Waals surface area contributed by atoms with Crippen LogP contribution in [0.3, 0.4) is 0 Å². The van der Waals surface area contributed by atoms with E-state index in [4.69, 9.17) is 4.98 Å². The maximum atomic E-state index is 11.2. The highest BCUT2D eigenvalue weighted by atomic mass is 79.9. The minimum atomic E-state index is -0.677. The Kier molecular flexibility index (Phi) is 5.86. The molecule has 1 fully saturated rings. The Morgan fingerprint density at radius 3 is 2.64 bits per heavy atom. The Bertz CT molecular complexity index is 725. The quantitative estimate of drug-likeness (QED) is 0.809. The summed E-state index contributed by atoms with van der Waals surface area (Å²) in [4.78, 5) is 18.3. The van der Waals surface area contributed by atoms with Gasteiger partial charge in [-0.3, -0.25) is 14.7 Å². The molecule has 25 heavy (non-hydrogen) atoms. The fraction of sp³-hybridized carbons (Fsp3) is 0.400. The molecular formula is C20H23BrN2O2. The van der Waals surface area contributed by atoms with Crippen LogP contribution in [0.1, 0.15) is 42.6 Å². The summed E-state index contributed by atoms with van der Waals surface area (Å²) in [5.41, 5.74) is 3.42. The maximum absolute atomic E-state index is 11.2. The van der Waals surface area contributed by atoms with Crippen LogP contribution in [0.4, 0.5) is 0 Å². The predicted octanol–water partition coefficient (Wildman–Crippen LogP) is 4.29. The zero-order valence-electron chi connectivity index (χ0n) is 14.4. The first-order valence-corrected chi connectivity index (χ1v) is 9.55. The average Bonchev–Trinajstić information content (AvgIpc) is 2.63. The molecule has 1 aromatic carbocycles. The minimum absolute atomic E-state index is 0.0538. The summed E-state index contributed by atoms with van der Waals surface area (Å²) in [6.07, 6.45) is 4.29.